The largest absolute Gasteiger partial charge is 0.503 e. The minimum Gasteiger partial charge on any atom is -0.503 e. The van der Waals surface area contributed by atoms with Crippen LogP contribution >= 0.6 is 0 Å². The highest BCUT2D eigenvalue weighted by atomic mass is 16.3. The predicted octanol–water partition coefficient (Wildman–Crippen LogP) is 3.38. The molecule has 0 radical (unpaired) electrons. The molecule has 2 N–H and O–H groups in total. The van der Waals surface area contributed by atoms with Gasteiger partial charge in [-0.25, -0.2) is 4.98 Å². The SMILES string of the molecule is CC1Cc2cccnc2N(C2(Cn3cc(O)c(=O)c(C(=N)C(C)C)n3)CCCC2)C1. The van der Waals surface area contributed by atoms with Crippen molar-refractivity contribution in [3.63, 3.8) is 0 Å². The first-order chi connectivity index (χ1) is 14.3. The van der Waals surface area contributed by atoms with Gasteiger partial charge in [0, 0.05) is 12.7 Å². The van der Waals surface area contributed by atoms with Crippen molar-refractivity contribution in [2.45, 2.75) is 65.0 Å². The molecule has 1 unspecified atom stereocenters. The van der Waals surface area contributed by atoms with Gasteiger partial charge >= 0.3 is 0 Å². The molecular weight excluding hydrogens is 378 g/mol. The average Bonchev–Trinajstić information content (AvgIpc) is 3.18. The molecule has 1 aliphatic heterocycles. The van der Waals surface area contributed by atoms with Crippen molar-refractivity contribution < 1.29 is 5.11 Å². The van der Waals surface area contributed by atoms with Crippen LogP contribution in [-0.4, -0.2) is 37.7 Å². The Hall–Kier alpha value is -2.70. The molecule has 30 heavy (non-hydrogen) atoms. The lowest BCUT2D eigenvalue weighted by Gasteiger charge is -2.46. The van der Waals surface area contributed by atoms with E-state index in [1.165, 1.54) is 11.8 Å². The Morgan fingerprint density at radius 2 is 2.10 bits per heavy atom. The molecule has 1 fully saturated rings. The van der Waals surface area contributed by atoms with E-state index in [0.29, 0.717) is 12.5 Å². The monoisotopic (exact) mass is 409 g/mol. The molecule has 0 amide bonds. The molecule has 0 saturated heterocycles. The maximum Gasteiger partial charge on any atom is 0.250 e. The number of nitrogens with one attached hydrogen (secondary N) is 1. The number of hydrogen-bond donors (Lipinski definition) is 2. The second-order valence-electron chi connectivity index (χ2n) is 9.30. The van der Waals surface area contributed by atoms with Crippen LogP contribution in [0.1, 0.15) is 57.7 Å². The van der Waals surface area contributed by atoms with Gasteiger partial charge in [-0.1, -0.05) is 39.7 Å². The Bertz CT molecular complexity index is 1010. The van der Waals surface area contributed by atoms with E-state index in [1.807, 2.05) is 26.1 Å². The van der Waals surface area contributed by atoms with Gasteiger partial charge in [-0.05, 0) is 42.7 Å². The zero-order valence-corrected chi connectivity index (χ0v) is 18.1. The summed E-state index contributed by atoms with van der Waals surface area (Å²) in [4.78, 5) is 19.6. The van der Waals surface area contributed by atoms with Gasteiger partial charge in [0.2, 0.25) is 0 Å². The molecular formula is C23H31N5O2. The van der Waals surface area contributed by atoms with Gasteiger partial charge in [0.25, 0.3) is 5.43 Å². The molecule has 7 nitrogen and oxygen atoms in total. The molecule has 2 aromatic heterocycles. The van der Waals surface area contributed by atoms with Gasteiger partial charge in [0.15, 0.2) is 11.4 Å². The van der Waals surface area contributed by atoms with Gasteiger partial charge < -0.3 is 15.4 Å². The first kappa shape index (κ1) is 20.6. The summed E-state index contributed by atoms with van der Waals surface area (Å²) in [5.41, 5.74) is 0.751. The van der Waals surface area contributed by atoms with Crippen LogP contribution in [0.3, 0.4) is 0 Å². The summed E-state index contributed by atoms with van der Waals surface area (Å²) < 4.78 is 1.68. The number of pyridine rings is 1. The van der Waals surface area contributed by atoms with Gasteiger partial charge in [-0.15, -0.1) is 0 Å². The van der Waals surface area contributed by atoms with Gasteiger partial charge in [0.1, 0.15) is 5.82 Å². The third kappa shape index (κ3) is 3.61. The van der Waals surface area contributed by atoms with Crippen LogP contribution < -0.4 is 10.3 Å². The first-order valence-electron chi connectivity index (χ1n) is 10.9. The number of anilines is 1. The number of nitrogens with zero attached hydrogens (tertiary/aromatic N) is 4. The van der Waals surface area contributed by atoms with Gasteiger partial charge in [-0.3, -0.25) is 9.48 Å². The van der Waals surface area contributed by atoms with Crippen LogP contribution in [-0.2, 0) is 13.0 Å². The number of fused-ring (bicyclic) bond motifs is 1. The van der Waals surface area contributed by atoms with Gasteiger partial charge in [-0.2, -0.15) is 5.10 Å². The minimum absolute atomic E-state index is 0.0451. The molecule has 1 atom stereocenters. The number of aromatic nitrogens is 3. The van der Waals surface area contributed by atoms with Gasteiger partial charge in [0.05, 0.1) is 24.0 Å². The van der Waals surface area contributed by atoms with Crippen molar-refractivity contribution in [2.75, 3.05) is 11.4 Å². The molecule has 1 aliphatic carbocycles. The third-order valence-corrected chi connectivity index (χ3v) is 6.53. The fraction of sp³-hybridized carbons (Fsp3) is 0.565. The van der Waals surface area contributed by atoms with E-state index in [-0.39, 0.29) is 28.6 Å². The molecule has 3 heterocycles. The normalized spacial score (nSPS) is 20.4. The fourth-order valence-corrected chi connectivity index (χ4v) is 4.99. The molecule has 0 bridgehead atoms. The maximum absolute atomic E-state index is 12.4. The average molecular weight is 410 g/mol. The summed E-state index contributed by atoms with van der Waals surface area (Å²) in [6, 6.07) is 4.17. The smallest absolute Gasteiger partial charge is 0.250 e. The van der Waals surface area contributed by atoms with E-state index in [4.69, 9.17) is 10.4 Å². The molecule has 1 saturated carbocycles. The second kappa shape index (κ2) is 7.85. The summed E-state index contributed by atoms with van der Waals surface area (Å²) in [6.07, 6.45) is 8.61. The highest BCUT2D eigenvalue weighted by Gasteiger charge is 2.43. The molecule has 2 aliphatic rings. The van der Waals surface area contributed by atoms with Crippen LogP contribution in [0.25, 0.3) is 0 Å². The quantitative estimate of drug-likeness (QED) is 0.738. The Kier molecular flexibility index (Phi) is 5.38. The van der Waals surface area contributed by atoms with Crippen molar-refractivity contribution in [1.29, 1.82) is 5.41 Å². The lowest BCUT2D eigenvalue weighted by Crippen LogP contribution is -2.54. The summed E-state index contributed by atoms with van der Waals surface area (Å²) in [5, 5.41) is 23.1. The highest BCUT2D eigenvalue weighted by molar-refractivity contribution is 5.97. The van der Waals surface area contributed by atoms with E-state index < -0.39 is 5.43 Å². The standard InChI is InChI=1S/C23H31N5O2/c1-15(2)19(24)20-21(30)18(29)13-27(26-20)14-23(8-4-5-9-23)28-12-16(3)11-17-7-6-10-25-22(17)28/h6-7,10,13,15-16,24,29H,4-5,8-9,11-12,14H2,1-3H3. The fourth-order valence-electron chi connectivity index (χ4n) is 4.99. The van der Waals surface area contributed by atoms with Crippen molar-refractivity contribution in [3.8, 4) is 5.75 Å². The van der Waals surface area contributed by atoms with Crippen LogP contribution in [0, 0.1) is 17.2 Å². The second-order valence-corrected chi connectivity index (χ2v) is 9.30. The Balaban J connectivity index is 1.75. The summed E-state index contributed by atoms with van der Waals surface area (Å²) in [7, 11) is 0. The van der Waals surface area contributed by atoms with Crippen molar-refractivity contribution in [2.24, 2.45) is 11.8 Å². The first-order valence-corrected chi connectivity index (χ1v) is 10.9. The Morgan fingerprint density at radius 3 is 2.80 bits per heavy atom. The zero-order chi connectivity index (χ0) is 21.5. The van der Waals surface area contributed by atoms with Crippen LogP contribution in [0.2, 0.25) is 0 Å². The molecule has 2 aromatic rings. The third-order valence-electron chi connectivity index (χ3n) is 6.53. The summed E-state index contributed by atoms with van der Waals surface area (Å²) in [6.45, 7) is 7.48. The molecule has 7 heteroatoms. The van der Waals surface area contributed by atoms with Crippen molar-refractivity contribution in [1.82, 2.24) is 14.8 Å². The number of rotatable bonds is 5. The Labute approximate surface area is 177 Å². The number of aromatic hydroxyl groups is 1. The van der Waals surface area contributed by atoms with E-state index in [0.717, 1.165) is 44.5 Å². The van der Waals surface area contributed by atoms with E-state index >= 15 is 0 Å². The lowest BCUT2D eigenvalue weighted by atomic mass is 9.88. The van der Waals surface area contributed by atoms with E-state index in [9.17, 15) is 9.90 Å². The summed E-state index contributed by atoms with van der Waals surface area (Å²) in [5.74, 6) is 1.10. The highest BCUT2D eigenvalue weighted by Crippen LogP contribution is 2.42. The topological polar surface area (TPSA) is 95.1 Å². The minimum atomic E-state index is -0.566. The van der Waals surface area contributed by atoms with Crippen LogP contribution in [0.15, 0.2) is 29.3 Å². The van der Waals surface area contributed by atoms with Crippen LogP contribution in [0.5, 0.6) is 5.75 Å². The lowest BCUT2D eigenvalue weighted by molar-refractivity contribution is 0.295. The molecule has 0 aromatic carbocycles. The molecule has 0 spiro atoms. The Morgan fingerprint density at radius 1 is 1.37 bits per heavy atom. The maximum atomic E-state index is 12.4. The van der Waals surface area contributed by atoms with E-state index in [1.54, 1.807) is 4.68 Å². The van der Waals surface area contributed by atoms with Crippen LogP contribution in [0.4, 0.5) is 5.82 Å². The number of hydrogen-bond acceptors (Lipinski definition) is 6. The van der Waals surface area contributed by atoms with Crippen molar-refractivity contribution in [3.05, 3.63) is 46.0 Å². The van der Waals surface area contributed by atoms with Crippen molar-refractivity contribution >= 4 is 11.5 Å². The molecule has 4 rings (SSSR count). The van der Waals surface area contributed by atoms with E-state index in [2.05, 4.69) is 23.0 Å². The zero-order valence-electron chi connectivity index (χ0n) is 18.1. The predicted molar refractivity (Wildman–Crippen MR) is 117 cm³/mol. The molecule has 160 valence electrons. The summed E-state index contributed by atoms with van der Waals surface area (Å²) >= 11 is 0.